The van der Waals surface area contributed by atoms with Crippen LogP contribution in [0.2, 0.25) is 0 Å². The average Bonchev–Trinajstić information content (AvgIpc) is 3.53. The average molecular weight is 460 g/mol. The number of fused-ring (bicyclic) bond motifs is 2. The lowest BCUT2D eigenvalue weighted by atomic mass is 10.0. The Hall–Kier alpha value is -5.05. The number of aromatic amines is 2. The lowest BCUT2D eigenvalue weighted by Crippen LogP contribution is -2.22. The van der Waals surface area contributed by atoms with Crippen LogP contribution in [0, 0.1) is 0 Å². The molecule has 0 unspecified atom stereocenters. The Kier molecular flexibility index (Phi) is 4.92. The maximum Gasteiger partial charge on any atom is 0.192 e. The smallest absolute Gasteiger partial charge is 0.192 e. The van der Waals surface area contributed by atoms with Crippen LogP contribution < -0.4 is 11.1 Å². The Morgan fingerprint density at radius 1 is 0.914 bits per heavy atom. The van der Waals surface area contributed by atoms with Crippen LogP contribution in [-0.2, 0) is 0 Å². The Labute approximate surface area is 200 Å². The van der Waals surface area contributed by atoms with Crippen molar-refractivity contribution in [2.24, 2.45) is 10.7 Å². The number of nitrogens with two attached hydrogens (primary N) is 1. The number of anilines is 1. The SMILES string of the molecule is CN=C(N)Nc1cncc(-c2ccc3[nH]nc(-c4nc5c(-c6cccnc6)cccc5[nH]4)c3c2)c1. The predicted octanol–water partition coefficient (Wildman–Crippen LogP) is 4.59. The van der Waals surface area contributed by atoms with Crippen LogP contribution in [0.25, 0.3) is 55.7 Å². The molecule has 0 fully saturated rings. The van der Waals surface area contributed by atoms with E-state index in [0.29, 0.717) is 11.8 Å². The van der Waals surface area contributed by atoms with Gasteiger partial charge in [0.1, 0.15) is 5.69 Å². The number of benzene rings is 2. The van der Waals surface area contributed by atoms with Gasteiger partial charge < -0.3 is 16.0 Å². The number of nitrogens with zero attached hydrogens (tertiary/aromatic N) is 5. The lowest BCUT2D eigenvalue weighted by molar-refractivity contribution is 1.11. The molecule has 0 aliphatic heterocycles. The van der Waals surface area contributed by atoms with E-state index in [9.17, 15) is 0 Å². The summed E-state index contributed by atoms with van der Waals surface area (Å²) in [7, 11) is 1.63. The summed E-state index contributed by atoms with van der Waals surface area (Å²) >= 11 is 0. The molecule has 0 radical (unpaired) electrons. The molecule has 35 heavy (non-hydrogen) atoms. The molecule has 0 aliphatic rings. The maximum atomic E-state index is 5.80. The summed E-state index contributed by atoms with van der Waals surface area (Å²) in [4.78, 5) is 20.9. The van der Waals surface area contributed by atoms with Crippen molar-refractivity contribution in [2.75, 3.05) is 12.4 Å². The summed E-state index contributed by atoms with van der Waals surface area (Å²) < 4.78 is 0. The molecule has 6 rings (SSSR count). The first-order valence-corrected chi connectivity index (χ1v) is 11.0. The van der Waals surface area contributed by atoms with Crippen molar-refractivity contribution in [3.8, 4) is 33.8 Å². The molecule has 5 N–H and O–H groups in total. The van der Waals surface area contributed by atoms with Gasteiger partial charge in [-0.05, 0) is 35.9 Å². The molecule has 9 nitrogen and oxygen atoms in total. The van der Waals surface area contributed by atoms with E-state index < -0.39 is 0 Å². The Morgan fingerprint density at radius 2 is 1.83 bits per heavy atom. The van der Waals surface area contributed by atoms with Crippen molar-refractivity contribution in [3.05, 3.63) is 79.4 Å². The summed E-state index contributed by atoms with van der Waals surface area (Å²) in [5.41, 5.74) is 14.0. The highest BCUT2D eigenvalue weighted by Gasteiger charge is 2.16. The Bertz CT molecular complexity index is 1700. The van der Waals surface area contributed by atoms with Crippen LogP contribution in [0.4, 0.5) is 5.69 Å². The fourth-order valence-electron chi connectivity index (χ4n) is 4.14. The zero-order chi connectivity index (χ0) is 23.8. The molecule has 0 aliphatic carbocycles. The molecule has 9 heteroatoms. The molecular weight excluding hydrogens is 438 g/mol. The van der Waals surface area contributed by atoms with Gasteiger partial charge in [-0.2, -0.15) is 5.10 Å². The lowest BCUT2D eigenvalue weighted by Gasteiger charge is -2.07. The molecule has 2 aromatic carbocycles. The van der Waals surface area contributed by atoms with E-state index in [4.69, 9.17) is 10.7 Å². The summed E-state index contributed by atoms with van der Waals surface area (Å²) in [6.45, 7) is 0. The highest BCUT2D eigenvalue weighted by molar-refractivity contribution is 5.98. The number of rotatable bonds is 4. The van der Waals surface area contributed by atoms with Gasteiger partial charge in [-0.25, -0.2) is 4.98 Å². The van der Waals surface area contributed by atoms with Crippen LogP contribution >= 0.6 is 0 Å². The number of hydrogen-bond donors (Lipinski definition) is 4. The minimum absolute atomic E-state index is 0.326. The molecule has 0 amide bonds. The van der Waals surface area contributed by atoms with Crippen molar-refractivity contribution in [3.63, 3.8) is 0 Å². The standard InChI is InChI=1S/C26H21N9/c1-28-26(27)31-18-10-17(13-30-14-18)15-7-8-21-20(11-15)24(35-34-21)25-32-22-6-2-5-19(23(22)33-25)16-4-3-9-29-12-16/h2-14H,1H3,(H,32,33)(H,34,35)(H3,27,28,31). The third kappa shape index (κ3) is 3.74. The van der Waals surface area contributed by atoms with Gasteiger partial charge in [0, 0.05) is 47.7 Å². The van der Waals surface area contributed by atoms with Crippen molar-refractivity contribution < 1.29 is 0 Å². The minimum Gasteiger partial charge on any atom is -0.370 e. The summed E-state index contributed by atoms with van der Waals surface area (Å²) in [6, 6.07) is 18.1. The van der Waals surface area contributed by atoms with Crippen molar-refractivity contribution in [1.29, 1.82) is 0 Å². The number of H-pyrrole nitrogens is 2. The first-order chi connectivity index (χ1) is 17.2. The molecule has 4 heterocycles. The Morgan fingerprint density at radius 3 is 2.69 bits per heavy atom. The number of imidazole rings is 1. The molecule has 6 aromatic rings. The first-order valence-electron chi connectivity index (χ1n) is 11.0. The van der Waals surface area contributed by atoms with Gasteiger partial charge in [-0.1, -0.05) is 24.3 Å². The molecule has 0 bridgehead atoms. The second-order valence-electron chi connectivity index (χ2n) is 8.06. The maximum absolute atomic E-state index is 5.80. The first kappa shape index (κ1) is 20.5. The summed E-state index contributed by atoms with van der Waals surface area (Å²) in [5, 5.41) is 11.7. The number of aliphatic imine (C=N–C) groups is 1. The van der Waals surface area contributed by atoms with Gasteiger partial charge in [-0.15, -0.1) is 0 Å². The van der Waals surface area contributed by atoms with Crippen LogP contribution in [0.5, 0.6) is 0 Å². The third-order valence-corrected chi connectivity index (χ3v) is 5.86. The number of para-hydroxylation sites is 1. The zero-order valence-electron chi connectivity index (χ0n) is 18.8. The molecule has 0 spiro atoms. The van der Waals surface area contributed by atoms with Gasteiger partial charge in [0.25, 0.3) is 0 Å². The topological polar surface area (TPSA) is 134 Å². The van der Waals surface area contributed by atoms with Crippen LogP contribution in [0.15, 0.2) is 84.4 Å². The minimum atomic E-state index is 0.326. The van der Waals surface area contributed by atoms with Crippen LogP contribution in [-0.4, -0.2) is 43.1 Å². The quantitative estimate of drug-likeness (QED) is 0.225. The zero-order valence-corrected chi connectivity index (χ0v) is 18.8. The monoisotopic (exact) mass is 459 g/mol. The summed E-state index contributed by atoms with van der Waals surface area (Å²) in [6.07, 6.45) is 7.13. The van der Waals surface area contributed by atoms with E-state index >= 15 is 0 Å². The molecule has 0 saturated carbocycles. The van der Waals surface area contributed by atoms with Gasteiger partial charge in [0.15, 0.2) is 11.8 Å². The van der Waals surface area contributed by atoms with E-state index in [-0.39, 0.29) is 0 Å². The highest BCUT2D eigenvalue weighted by Crippen LogP contribution is 2.33. The number of pyridine rings is 2. The molecule has 4 aromatic heterocycles. The fourth-order valence-corrected chi connectivity index (χ4v) is 4.14. The largest absolute Gasteiger partial charge is 0.370 e. The molecule has 170 valence electrons. The molecular formula is C26H21N9. The van der Waals surface area contributed by atoms with Gasteiger partial charge >= 0.3 is 0 Å². The molecule has 0 atom stereocenters. The second kappa shape index (κ2) is 8.38. The number of guanidine groups is 1. The van der Waals surface area contributed by atoms with Crippen molar-refractivity contribution in [2.45, 2.75) is 0 Å². The van der Waals surface area contributed by atoms with Crippen molar-refractivity contribution in [1.82, 2.24) is 30.1 Å². The van der Waals surface area contributed by atoms with E-state index in [1.165, 1.54) is 0 Å². The van der Waals surface area contributed by atoms with Crippen LogP contribution in [0.1, 0.15) is 0 Å². The van der Waals surface area contributed by atoms with Gasteiger partial charge in [0.2, 0.25) is 0 Å². The van der Waals surface area contributed by atoms with Gasteiger partial charge in [-0.3, -0.25) is 20.1 Å². The van der Waals surface area contributed by atoms with E-state index in [2.05, 4.69) is 47.6 Å². The summed E-state index contributed by atoms with van der Waals surface area (Å²) in [5.74, 6) is 1.02. The van der Waals surface area contributed by atoms with Crippen LogP contribution in [0.3, 0.4) is 0 Å². The second-order valence-corrected chi connectivity index (χ2v) is 8.06. The number of hydrogen-bond acceptors (Lipinski definition) is 5. The van der Waals surface area contributed by atoms with E-state index in [1.54, 1.807) is 19.4 Å². The fraction of sp³-hybridized carbons (Fsp3) is 0.0385. The highest BCUT2D eigenvalue weighted by atomic mass is 15.1. The Balaban J connectivity index is 1.44. The van der Waals surface area contributed by atoms with E-state index in [1.807, 2.05) is 54.9 Å². The van der Waals surface area contributed by atoms with E-state index in [0.717, 1.165) is 55.6 Å². The molecule has 0 saturated heterocycles. The number of aromatic nitrogens is 6. The van der Waals surface area contributed by atoms with Gasteiger partial charge in [0.05, 0.1) is 28.4 Å². The van der Waals surface area contributed by atoms with Crippen molar-refractivity contribution >= 4 is 33.6 Å². The third-order valence-electron chi connectivity index (χ3n) is 5.86. The predicted molar refractivity (Wildman–Crippen MR) is 139 cm³/mol. The number of nitrogens with one attached hydrogen (secondary N) is 3. The normalized spacial score (nSPS) is 11.9.